The van der Waals surface area contributed by atoms with Crippen LogP contribution in [0.4, 0.5) is 5.88 Å². The standard InChI is InChI=1S/C25H31NO6/c1-5-31-25(30)20-14-21(17-10-12-19(13-11-17)24(28)29)32-23(20)26(15(2)3)22(27)18-8-6-16(4)7-9-18/h10-16,18H,5-9H2,1-4H3,(H,28,29). The minimum absolute atomic E-state index is 0.0421. The van der Waals surface area contributed by atoms with Gasteiger partial charge in [-0.3, -0.25) is 9.69 Å². The molecule has 0 aliphatic heterocycles. The molecular formula is C25H31NO6. The average molecular weight is 442 g/mol. The summed E-state index contributed by atoms with van der Waals surface area (Å²) >= 11 is 0. The summed E-state index contributed by atoms with van der Waals surface area (Å²) in [5, 5.41) is 9.13. The largest absolute Gasteiger partial charge is 0.478 e. The normalized spacial score (nSPS) is 18.4. The topological polar surface area (TPSA) is 97.1 Å². The van der Waals surface area contributed by atoms with Crippen molar-refractivity contribution in [1.82, 2.24) is 0 Å². The van der Waals surface area contributed by atoms with Crippen LogP contribution in [0, 0.1) is 11.8 Å². The van der Waals surface area contributed by atoms with Gasteiger partial charge in [-0.2, -0.15) is 0 Å². The molecule has 1 fully saturated rings. The number of rotatable bonds is 7. The number of esters is 1. The molecule has 172 valence electrons. The van der Waals surface area contributed by atoms with Crippen molar-refractivity contribution in [3.8, 4) is 11.3 Å². The third-order valence-corrected chi connectivity index (χ3v) is 5.96. The van der Waals surface area contributed by atoms with Crippen LogP contribution >= 0.6 is 0 Å². The van der Waals surface area contributed by atoms with Gasteiger partial charge in [0.25, 0.3) is 0 Å². The van der Waals surface area contributed by atoms with Crippen LogP contribution in [-0.2, 0) is 9.53 Å². The number of carbonyl (C=O) groups excluding carboxylic acids is 2. The van der Waals surface area contributed by atoms with Gasteiger partial charge in [0, 0.05) is 23.6 Å². The van der Waals surface area contributed by atoms with E-state index in [2.05, 4.69) is 6.92 Å². The van der Waals surface area contributed by atoms with E-state index in [1.54, 1.807) is 30.0 Å². The highest BCUT2D eigenvalue weighted by molar-refractivity contribution is 6.03. The van der Waals surface area contributed by atoms with E-state index >= 15 is 0 Å². The molecule has 0 unspecified atom stereocenters. The SMILES string of the molecule is CCOC(=O)c1cc(-c2ccc(C(=O)O)cc2)oc1N(C(=O)C1CCC(C)CC1)C(C)C. The van der Waals surface area contributed by atoms with Crippen molar-refractivity contribution in [2.45, 2.75) is 59.4 Å². The number of amides is 1. The van der Waals surface area contributed by atoms with Crippen molar-refractivity contribution >= 4 is 23.7 Å². The lowest BCUT2D eigenvalue weighted by Gasteiger charge is -2.32. The summed E-state index contributed by atoms with van der Waals surface area (Å²) in [6.07, 6.45) is 3.66. The van der Waals surface area contributed by atoms with Gasteiger partial charge in [0.05, 0.1) is 12.2 Å². The van der Waals surface area contributed by atoms with E-state index in [1.165, 1.54) is 12.1 Å². The van der Waals surface area contributed by atoms with Crippen LogP contribution in [0.1, 0.15) is 74.1 Å². The first-order chi connectivity index (χ1) is 15.2. The molecule has 0 atom stereocenters. The monoisotopic (exact) mass is 441 g/mol. The van der Waals surface area contributed by atoms with Gasteiger partial charge >= 0.3 is 11.9 Å². The molecule has 7 heteroatoms. The predicted octanol–water partition coefficient (Wildman–Crippen LogP) is 5.39. The number of anilines is 1. The minimum Gasteiger partial charge on any atom is -0.478 e. The van der Waals surface area contributed by atoms with Gasteiger partial charge < -0.3 is 14.3 Å². The van der Waals surface area contributed by atoms with E-state index in [0.717, 1.165) is 25.7 Å². The quantitative estimate of drug-likeness (QED) is 0.579. The van der Waals surface area contributed by atoms with E-state index in [0.29, 0.717) is 17.2 Å². The van der Waals surface area contributed by atoms with Gasteiger partial charge in [0.1, 0.15) is 11.3 Å². The van der Waals surface area contributed by atoms with Crippen molar-refractivity contribution in [3.63, 3.8) is 0 Å². The van der Waals surface area contributed by atoms with Crippen molar-refractivity contribution in [1.29, 1.82) is 0 Å². The average Bonchev–Trinajstić information content (AvgIpc) is 3.19. The maximum absolute atomic E-state index is 13.5. The minimum atomic E-state index is -1.03. The zero-order valence-corrected chi connectivity index (χ0v) is 19.1. The Morgan fingerprint density at radius 1 is 1.12 bits per heavy atom. The van der Waals surface area contributed by atoms with Crippen LogP contribution in [0.25, 0.3) is 11.3 Å². The second-order valence-corrected chi connectivity index (χ2v) is 8.69. The number of benzene rings is 1. The second kappa shape index (κ2) is 10.0. The Morgan fingerprint density at radius 2 is 1.75 bits per heavy atom. The van der Waals surface area contributed by atoms with Gasteiger partial charge in [0.2, 0.25) is 11.8 Å². The molecule has 32 heavy (non-hydrogen) atoms. The molecule has 0 spiro atoms. The van der Waals surface area contributed by atoms with Crippen molar-refractivity contribution in [3.05, 3.63) is 41.5 Å². The number of ether oxygens (including phenoxy) is 1. The number of carboxylic acids is 1. The molecule has 3 rings (SSSR count). The van der Waals surface area contributed by atoms with Gasteiger partial charge in [-0.15, -0.1) is 0 Å². The van der Waals surface area contributed by atoms with Gasteiger partial charge in [0.15, 0.2) is 0 Å². The Labute approximate surface area is 188 Å². The van der Waals surface area contributed by atoms with E-state index in [1.807, 2.05) is 13.8 Å². The fourth-order valence-electron chi connectivity index (χ4n) is 4.13. The molecule has 1 amide bonds. The van der Waals surface area contributed by atoms with Crippen LogP contribution in [-0.4, -0.2) is 35.6 Å². The molecule has 1 aromatic heterocycles. The molecule has 1 aromatic carbocycles. The Kier molecular flexibility index (Phi) is 7.38. The summed E-state index contributed by atoms with van der Waals surface area (Å²) in [6.45, 7) is 7.90. The zero-order valence-electron chi connectivity index (χ0n) is 19.1. The molecule has 0 radical (unpaired) electrons. The number of aromatic carboxylic acids is 1. The Morgan fingerprint density at radius 3 is 2.28 bits per heavy atom. The first-order valence-corrected chi connectivity index (χ1v) is 11.2. The summed E-state index contributed by atoms with van der Waals surface area (Å²) < 4.78 is 11.3. The molecule has 0 saturated heterocycles. The Hall–Kier alpha value is -3.09. The fraction of sp³-hybridized carbons (Fsp3) is 0.480. The smallest absolute Gasteiger partial charge is 0.343 e. The maximum atomic E-state index is 13.5. The van der Waals surface area contributed by atoms with Crippen LogP contribution in [0.3, 0.4) is 0 Å². The summed E-state index contributed by atoms with van der Waals surface area (Å²) in [5.74, 6) is -0.565. The van der Waals surface area contributed by atoms with E-state index in [4.69, 9.17) is 14.3 Å². The Bertz CT molecular complexity index is 967. The van der Waals surface area contributed by atoms with Crippen LogP contribution in [0.5, 0.6) is 0 Å². The predicted molar refractivity (Wildman–Crippen MR) is 121 cm³/mol. The number of carbonyl (C=O) groups is 3. The molecule has 1 N–H and O–H groups in total. The van der Waals surface area contributed by atoms with Crippen molar-refractivity contribution in [2.24, 2.45) is 11.8 Å². The highest BCUT2D eigenvalue weighted by Gasteiger charge is 2.35. The lowest BCUT2D eigenvalue weighted by atomic mass is 9.82. The van der Waals surface area contributed by atoms with E-state index in [-0.39, 0.29) is 41.5 Å². The summed E-state index contributed by atoms with van der Waals surface area (Å²) in [4.78, 5) is 38.9. The zero-order chi connectivity index (χ0) is 23.4. The van der Waals surface area contributed by atoms with E-state index < -0.39 is 11.9 Å². The molecule has 1 aliphatic rings. The number of hydrogen-bond donors (Lipinski definition) is 1. The summed E-state index contributed by atoms with van der Waals surface area (Å²) in [5.41, 5.74) is 0.946. The third-order valence-electron chi connectivity index (χ3n) is 5.96. The van der Waals surface area contributed by atoms with Crippen LogP contribution < -0.4 is 4.90 Å². The summed E-state index contributed by atoms with van der Waals surface area (Å²) in [7, 11) is 0. The Balaban J connectivity index is 2.02. The first-order valence-electron chi connectivity index (χ1n) is 11.2. The fourth-order valence-corrected chi connectivity index (χ4v) is 4.13. The first kappa shape index (κ1) is 23.6. The molecule has 1 aliphatic carbocycles. The second-order valence-electron chi connectivity index (χ2n) is 8.69. The molecule has 2 aromatic rings. The number of hydrogen-bond acceptors (Lipinski definition) is 5. The summed E-state index contributed by atoms with van der Waals surface area (Å²) in [6, 6.07) is 7.52. The molecule has 1 saturated carbocycles. The maximum Gasteiger partial charge on any atom is 0.343 e. The molecule has 0 bridgehead atoms. The van der Waals surface area contributed by atoms with Crippen molar-refractivity contribution in [2.75, 3.05) is 11.5 Å². The number of furan rings is 1. The highest BCUT2D eigenvalue weighted by atomic mass is 16.5. The number of nitrogens with zero attached hydrogens (tertiary/aromatic N) is 1. The van der Waals surface area contributed by atoms with Crippen molar-refractivity contribution < 1.29 is 28.6 Å². The molecular weight excluding hydrogens is 410 g/mol. The van der Waals surface area contributed by atoms with Gasteiger partial charge in [-0.05, 0) is 64.5 Å². The highest BCUT2D eigenvalue weighted by Crippen LogP contribution is 2.37. The van der Waals surface area contributed by atoms with Gasteiger partial charge in [-0.1, -0.05) is 19.1 Å². The number of carboxylic acid groups (broad SMARTS) is 1. The third kappa shape index (κ3) is 5.03. The molecule has 1 heterocycles. The van der Waals surface area contributed by atoms with Gasteiger partial charge in [-0.25, -0.2) is 9.59 Å². The van der Waals surface area contributed by atoms with E-state index in [9.17, 15) is 14.4 Å². The molecule has 7 nitrogen and oxygen atoms in total. The van der Waals surface area contributed by atoms with Crippen LogP contribution in [0.2, 0.25) is 0 Å². The lowest BCUT2D eigenvalue weighted by Crippen LogP contribution is -2.42. The lowest BCUT2D eigenvalue weighted by molar-refractivity contribution is -0.124. The van der Waals surface area contributed by atoms with Crippen LogP contribution in [0.15, 0.2) is 34.7 Å².